The van der Waals surface area contributed by atoms with Gasteiger partial charge in [0.15, 0.2) is 0 Å². The lowest BCUT2D eigenvalue weighted by molar-refractivity contribution is 0.00387. The molecule has 44 valence electrons. The lowest BCUT2D eigenvalue weighted by Gasteiger charge is -2.06. The van der Waals surface area contributed by atoms with Crippen molar-refractivity contribution in [3.05, 3.63) is 0 Å². The maximum atomic E-state index is 11.2. The molecule has 1 nitrogen and oxygen atoms in total. The number of aliphatic hydroxyl groups excluding tert-OH is 1. The fourth-order valence-electron chi connectivity index (χ4n) is 0. The van der Waals surface area contributed by atoms with Crippen LogP contribution in [0.5, 0.6) is 0 Å². The highest BCUT2D eigenvalue weighted by molar-refractivity contribution is 6.30. The van der Waals surface area contributed by atoms with Gasteiger partial charge in [-0.3, -0.25) is 0 Å². The van der Waals surface area contributed by atoms with Crippen LogP contribution in [0.3, 0.4) is 0 Å². The third-order valence-corrected chi connectivity index (χ3v) is 0.863. The maximum absolute atomic E-state index is 11.2. The van der Waals surface area contributed by atoms with Gasteiger partial charge < -0.3 is 5.11 Å². The minimum Gasteiger partial charge on any atom is -0.371 e. The van der Waals surface area contributed by atoms with Crippen LogP contribution < -0.4 is 0 Å². The molecule has 5 heteroatoms. The number of rotatable bonds is 1. The van der Waals surface area contributed by atoms with Gasteiger partial charge in [-0.05, 0) is 11.6 Å². The summed E-state index contributed by atoms with van der Waals surface area (Å²) in [6.45, 7) is 0. The average Bonchev–Trinajstić information content (AvgIpc) is 1.31. The first-order chi connectivity index (χ1) is 2.94. The Hall–Kier alpha value is 0.400. The van der Waals surface area contributed by atoms with Crippen LogP contribution in [0.15, 0.2) is 0 Å². The molecule has 0 aromatic heterocycles. The van der Waals surface area contributed by atoms with Crippen LogP contribution in [0, 0.1) is 0 Å². The highest BCUT2D eigenvalue weighted by atomic mass is 35.5. The molecule has 0 bridgehead atoms. The van der Waals surface area contributed by atoms with Crippen LogP contribution in [0.1, 0.15) is 0 Å². The quantitative estimate of drug-likeness (QED) is 0.561. The summed E-state index contributed by atoms with van der Waals surface area (Å²) in [5.74, 6) is 0. The minimum absolute atomic E-state index is 2.30. The number of hydrogen-bond donors (Lipinski definition) is 1. The van der Waals surface area contributed by atoms with Crippen LogP contribution in [-0.4, -0.2) is 16.1 Å². The largest absolute Gasteiger partial charge is 0.371 e. The first-order valence-electron chi connectivity index (χ1n) is 1.33. The molecule has 0 aromatic rings. The molecule has 0 heterocycles. The summed E-state index contributed by atoms with van der Waals surface area (Å²) in [5.41, 5.74) is -2.30. The summed E-state index contributed by atoms with van der Waals surface area (Å²) in [6.07, 6.45) is 0. The third kappa shape index (κ3) is 3.02. The Morgan fingerprint density at radius 2 is 1.71 bits per heavy atom. The second-order valence-corrected chi connectivity index (χ2v) is 1.79. The lowest BCUT2D eigenvalue weighted by Crippen LogP contribution is -2.20. The van der Waals surface area contributed by atoms with E-state index in [1.54, 1.807) is 0 Å². The second-order valence-electron chi connectivity index (χ2n) is 0.877. The Morgan fingerprint density at radius 3 is 1.71 bits per heavy atom. The minimum atomic E-state index is -3.71. The molecule has 0 fully saturated rings. The Balaban J connectivity index is 3.54. The second kappa shape index (κ2) is 2.11. The molecule has 7 heavy (non-hydrogen) atoms. The van der Waals surface area contributed by atoms with E-state index in [1.165, 1.54) is 0 Å². The Kier molecular flexibility index (Phi) is 2.23. The normalized spacial score (nSPS) is 16.7. The van der Waals surface area contributed by atoms with Gasteiger partial charge in [0.1, 0.15) is 0 Å². The van der Waals surface area contributed by atoms with Crippen LogP contribution in [-0.2, 0) is 0 Å². The zero-order valence-electron chi connectivity index (χ0n) is 3.04. The fraction of sp³-hybridized carbons (Fsp3) is 1.00. The van der Waals surface area contributed by atoms with Crippen molar-refractivity contribution in [2.45, 2.75) is 10.9 Å². The van der Waals surface area contributed by atoms with E-state index in [1.807, 2.05) is 0 Å². The van der Waals surface area contributed by atoms with Crippen LogP contribution in [0.4, 0.5) is 8.78 Å². The van der Waals surface area contributed by atoms with Gasteiger partial charge in [0, 0.05) is 0 Å². The zero-order valence-corrected chi connectivity index (χ0v) is 4.55. The third-order valence-electron chi connectivity index (χ3n) is 0.270. The molecule has 0 radical (unpaired) electrons. The highest BCUT2D eigenvalue weighted by Crippen LogP contribution is 2.25. The van der Waals surface area contributed by atoms with Crippen molar-refractivity contribution in [1.82, 2.24) is 0 Å². The van der Waals surface area contributed by atoms with Crippen LogP contribution >= 0.6 is 23.2 Å². The topological polar surface area (TPSA) is 20.2 Å². The van der Waals surface area contributed by atoms with E-state index in [2.05, 4.69) is 23.2 Å². The molecular formula is C2H2Cl2F2O. The summed E-state index contributed by atoms with van der Waals surface area (Å²) in [5, 5.41) is 4.07. The van der Waals surface area contributed by atoms with Crippen molar-refractivity contribution in [3.63, 3.8) is 0 Å². The summed E-state index contributed by atoms with van der Waals surface area (Å²) in [4.78, 5) is 0. The van der Waals surface area contributed by atoms with Crippen molar-refractivity contribution >= 4 is 23.2 Å². The summed E-state index contributed by atoms with van der Waals surface area (Å²) >= 11 is 8.58. The van der Waals surface area contributed by atoms with Gasteiger partial charge in [0.2, 0.25) is 5.56 Å². The molecule has 0 aromatic carbocycles. The first kappa shape index (κ1) is 7.40. The Labute approximate surface area is 48.8 Å². The molecule has 0 saturated heterocycles. The van der Waals surface area contributed by atoms with Gasteiger partial charge in [-0.25, -0.2) is 0 Å². The SMILES string of the molecule is OC(Cl)C(F)(F)Cl. The van der Waals surface area contributed by atoms with Crippen molar-refractivity contribution in [3.8, 4) is 0 Å². The molecule has 0 aliphatic carbocycles. The Bertz CT molecular complexity index is 59.2. The first-order valence-corrected chi connectivity index (χ1v) is 2.15. The predicted molar refractivity (Wildman–Crippen MR) is 22.7 cm³/mol. The molecule has 1 atom stereocenters. The van der Waals surface area contributed by atoms with E-state index in [-0.39, 0.29) is 0 Å². The molecule has 1 N–H and O–H groups in total. The fourth-order valence-corrected chi connectivity index (χ4v) is 0. The summed E-state index contributed by atoms with van der Waals surface area (Å²) < 4.78 is 22.5. The monoisotopic (exact) mass is 150 g/mol. The molecule has 0 amide bonds. The number of hydrogen-bond acceptors (Lipinski definition) is 1. The van der Waals surface area contributed by atoms with Gasteiger partial charge in [0.05, 0.1) is 0 Å². The van der Waals surface area contributed by atoms with Gasteiger partial charge >= 0.3 is 5.38 Å². The van der Waals surface area contributed by atoms with Crippen molar-refractivity contribution < 1.29 is 13.9 Å². The van der Waals surface area contributed by atoms with E-state index in [4.69, 9.17) is 5.11 Å². The van der Waals surface area contributed by atoms with E-state index in [0.29, 0.717) is 0 Å². The van der Waals surface area contributed by atoms with Gasteiger partial charge in [0.25, 0.3) is 0 Å². The van der Waals surface area contributed by atoms with E-state index in [0.717, 1.165) is 0 Å². The number of alkyl halides is 4. The summed E-state index contributed by atoms with van der Waals surface area (Å²) in [7, 11) is 0. The lowest BCUT2D eigenvalue weighted by atomic mass is 10.8. The summed E-state index contributed by atoms with van der Waals surface area (Å²) in [6, 6.07) is 0. The van der Waals surface area contributed by atoms with Gasteiger partial charge in [-0.2, -0.15) is 8.78 Å². The molecule has 0 spiro atoms. The molecule has 0 aliphatic heterocycles. The van der Waals surface area contributed by atoms with Gasteiger partial charge in [-0.1, -0.05) is 11.6 Å². The Morgan fingerprint density at radius 1 is 1.57 bits per heavy atom. The van der Waals surface area contributed by atoms with E-state index >= 15 is 0 Å². The van der Waals surface area contributed by atoms with E-state index < -0.39 is 10.9 Å². The standard InChI is InChI=1S/C2H2Cl2F2O/c3-1(7)2(4,5)6/h1,7H. The molecule has 0 saturated carbocycles. The predicted octanol–water partition coefficient (Wildman–Crippen LogP) is 1.38. The average molecular weight is 151 g/mol. The van der Waals surface area contributed by atoms with Gasteiger partial charge in [-0.15, -0.1) is 0 Å². The maximum Gasteiger partial charge on any atom is 0.360 e. The highest BCUT2D eigenvalue weighted by Gasteiger charge is 2.33. The van der Waals surface area contributed by atoms with Crippen molar-refractivity contribution in [2.75, 3.05) is 0 Å². The van der Waals surface area contributed by atoms with Crippen LogP contribution in [0.2, 0.25) is 0 Å². The van der Waals surface area contributed by atoms with Crippen LogP contribution in [0.25, 0.3) is 0 Å². The van der Waals surface area contributed by atoms with Crippen molar-refractivity contribution in [2.24, 2.45) is 0 Å². The molecule has 1 unspecified atom stereocenters. The molecule has 0 aliphatic rings. The smallest absolute Gasteiger partial charge is 0.360 e. The molecule has 0 rings (SSSR count). The van der Waals surface area contributed by atoms with E-state index in [9.17, 15) is 8.78 Å². The molecular weight excluding hydrogens is 149 g/mol. The number of halogens is 4. The van der Waals surface area contributed by atoms with Crippen molar-refractivity contribution in [1.29, 1.82) is 0 Å². The number of aliphatic hydroxyl groups is 1. The zero-order chi connectivity index (χ0) is 6.08.